The van der Waals surface area contributed by atoms with Crippen molar-refractivity contribution >= 4 is 17.4 Å². The molecular weight excluding hydrogens is 250 g/mol. The molecule has 2 aliphatic rings. The average molecular weight is 268 g/mol. The molecule has 2 aliphatic heterocycles. The van der Waals surface area contributed by atoms with Crippen molar-refractivity contribution in [3.63, 3.8) is 0 Å². The topological polar surface area (TPSA) is 47.0 Å². The summed E-state index contributed by atoms with van der Waals surface area (Å²) in [5, 5.41) is 4.05. The van der Waals surface area contributed by atoms with Crippen molar-refractivity contribution in [3.05, 3.63) is 16.5 Å². The molecule has 1 aromatic heterocycles. The molecule has 4 nitrogen and oxygen atoms in total. The second kappa shape index (κ2) is 4.67. The lowest BCUT2D eigenvalue weighted by Gasteiger charge is -2.22. The summed E-state index contributed by atoms with van der Waals surface area (Å²) in [7, 11) is 0. The van der Waals surface area contributed by atoms with Crippen molar-refractivity contribution in [3.8, 4) is 0 Å². The molecule has 0 amide bonds. The second-order valence-electron chi connectivity index (χ2n) is 5.12. The van der Waals surface area contributed by atoms with E-state index < -0.39 is 0 Å². The minimum atomic E-state index is 0.341. The maximum Gasteiger partial charge on any atom is 0.137 e. The minimum absolute atomic E-state index is 0.341. The van der Waals surface area contributed by atoms with Gasteiger partial charge >= 0.3 is 0 Å². The molecule has 0 spiro atoms. The van der Waals surface area contributed by atoms with Crippen LogP contribution in [0.2, 0.25) is 5.15 Å². The molecule has 5 heteroatoms. The third-order valence-electron chi connectivity index (χ3n) is 3.88. The lowest BCUT2D eigenvalue weighted by molar-refractivity contribution is 0.102. The largest absolute Gasteiger partial charge is 0.373 e. The van der Waals surface area contributed by atoms with Gasteiger partial charge in [-0.3, -0.25) is 0 Å². The van der Waals surface area contributed by atoms with Gasteiger partial charge in [0.1, 0.15) is 16.8 Å². The maximum atomic E-state index is 6.14. The summed E-state index contributed by atoms with van der Waals surface area (Å²) in [5.41, 5.74) is 0.927. The molecule has 2 bridgehead atoms. The predicted molar refractivity (Wildman–Crippen MR) is 71.1 cm³/mol. The van der Waals surface area contributed by atoms with Gasteiger partial charge in [-0.2, -0.15) is 0 Å². The number of rotatable bonds is 3. The Labute approximate surface area is 112 Å². The van der Waals surface area contributed by atoms with E-state index in [1.54, 1.807) is 0 Å². The van der Waals surface area contributed by atoms with Gasteiger partial charge in [-0.05, 0) is 26.2 Å². The summed E-state index contributed by atoms with van der Waals surface area (Å²) in [6.45, 7) is 3.99. The summed E-state index contributed by atoms with van der Waals surface area (Å²) >= 11 is 6.14. The number of ether oxygens (including phenoxy) is 1. The van der Waals surface area contributed by atoms with Crippen LogP contribution in [0.1, 0.15) is 37.6 Å². The van der Waals surface area contributed by atoms with Gasteiger partial charge in [0.2, 0.25) is 0 Å². The second-order valence-corrected chi connectivity index (χ2v) is 5.48. The highest BCUT2D eigenvalue weighted by Crippen LogP contribution is 2.36. The molecule has 0 aliphatic carbocycles. The molecule has 98 valence electrons. The monoisotopic (exact) mass is 267 g/mol. The molecule has 3 rings (SSSR count). The smallest absolute Gasteiger partial charge is 0.137 e. The normalized spacial score (nSPS) is 29.8. The minimum Gasteiger partial charge on any atom is -0.373 e. The van der Waals surface area contributed by atoms with Crippen LogP contribution >= 0.6 is 11.6 Å². The molecule has 3 unspecified atom stereocenters. The first-order chi connectivity index (χ1) is 8.67. The van der Waals surface area contributed by atoms with Crippen LogP contribution in [0.5, 0.6) is 0 Å². The van der Waals surface area contributed by atoms with Crippen LogP contribution in [0.15, 0.2) is 0 Å². The van der Waals surface area contributed by atoms with Gasteiger partial charge in [-0.1, -0.05) is 18.5 Å². The van der Waals surface area contributed by atoms with Crippen molar-refractivity contribution in [2.75, 3.05) is 5.32 Å². The number of hydrogen-bond donors (Lipinski definition) is 1. The van der Waals surface area contributed by atoms with Crippen molar-refractivity contribution in [2.24, 2.45) is 0 Å². The molecule has 1 aromatic rings. The lowest BCUT2D eigenvalue weighted by Crippen LogP contribution is -2.31. The van der Waals surface area contributed by atoms with Gasteiger partial charge in [-0.25, -0.2) is 9.97 Å². The number of fused-ring (bicyclic) bond motifs is 2. The first-order valence-electron chi connectivity index (χ1n) is 6.62. The quantitative estimate of drug-likeness (QED) is 0.856. The zero-order chi connectivity index (χ0) is 12.7. The summed E-state index contributed by atoms with van der Waals surface area (Å²) in [5.74, 6) is 1.66. The number of anilines is 1. The summed E-state index contributed by atoms with van der Waals surface area (Å²) in [6, 6.07) is 0.373. The highest BCUT2D eigenvalue weighted by Gasteiger charge is 2.41. The Morgan fingerprint density at radius 3 is 2.83 bits per heavy atom. The number of hydrogen-bond acceptors (Lipinski definition) is 4. The van der Waals surface area contributed by atoms with E-state index in [2.05, 4.69) is 15.3 Å². The number of nitrogens with zero attached hydrogens (tertiary/aromatic N) is 2. The summed E-state index contributed by atoms with van der Waals surface area (Å²) in [6.07, 6.45) is 5.01. The van der Waals surface area contributed by atoms with Gasteiger partial charge in [0.15, 0.2) is 0 Å². The molecule has 0 aromatic carbocycles. The lowest BCUT2D eigenvalue weighted by atomic mass is 9.95. The molecule has 3 heterocycles. The van der Waals surface area contributed by atoms with Crippen LogP contribution in [0.25, 0.3) is 0 Å². The van der Waals surface area contributed by atoms with E-state index in [4.69, 9.17) is 16.3 Å². The van der Waals surface area contributed by atoms with Crippen LogP contribution in [0.4, 0.5) is 5.82 Å². The first-order valence-corrected chi connectivity index (χ1v) is 7.00. The van der Waals surface area contributed by atoms with Gasteiger partial charge in [-0.15, -0.1) is 0 Å². The van der Waals surface area contributed by atoms with Crippen molar-refractivity contribution in [1.82, 2.24) is 9.97 Å². The number of aryl methyl sites for hydroxylation is 1. The van der Waals surface area contributed by atoms with Gasteiger partial charge in [0, 0.05) is 12.0 Å². The Bertz CT molecular complexity index is 466. The van der Waals surface area contributed by atoms with E-state index >= 15 is 0 Å². The molecule has 2 fully saturated rings. The third-order valence-corrected chi connectivity index (χ3v) is 4.25. The molecule has 3 atom stereocenters. The van der Waals surface area contributed by atoms with Crippen LogP contribution < -0.4 is 5.32 Å². The van der Waals surface area contributed by atoms with Gasteiger partial charge in [0.05, 0.1) is 18.2 Å². The standard InChI is InChI=1S/C13H18ClN3O/c1-3-11-16-12(14)7(2)13(17-11)15-9-6-8-4-5-10(9)18-8/h8-10H,3-6H2,1-2H3,(H,15,16,17). The fourth-order valence-corrected chi connectivity index (χ4v) is 2.98. The third kappa shape index (κ3) is 2.08. The summed E-state index contributed by atoms with van der Waals surface area (Å²) < 4.78 is 5.84. The number of nitrogens with one attached hydrogen (secondary N) is 1. The SMILES string of the molecule is CCc1nc(Cl)c(C)c(NC2CC3CCC2O3)n1. The molecule has 18 heavy (non-hydrogen) atoms. The Balaban J connectivity index is 1.81. The van der Waals surface area contributed by atoms with E-state index in [0.717, 1.165) is 36.5 Å². The van der Waals surface area contributed by atoms with Crippen LogP contribution in [0, 0.1) is 6.92 Å². The fraction of sp³-hybridized carbons (Fsp3) is 0.692. The molecular formula is C13H18ClN3O. The fourth-order valence-electron chi connectivity index (χ4n) is 2.80. The van der Waals surface area contributed by atoms with Crippen LogP contribution in [-0.4, -0.2) is 28.2 Å². The summed E-state index contributed by atoms with van der Waals surface area (Å²) in [4.78, 5) is 8.79. The van der Waals surface area contributed by atoms with Crippen molar-refractivity contribution in [1.29, 1.82) is 0 Å². The Hall–Kier alpha value is -0.870. The zero-order valence-electron chi connectivity index (χ0n) is 10.7. The van der Waals surface area contributed by atoms with E-state index in [1.165, 1.54) is 6.42 Å². The van der Waals surface area contributed by atoms with Crippen molar-refractivity contribution in [2.45, 2.75) is 57.8 Å². The van der Waals surface area contributed by atoms with Crippen LogP contribution in [-0.2, 0) is 11.2 Å². The van der Waals surface area contributed by atoms with E-state index in [-0.39, 0.29) is 0 Å². The predicted octanol–water partition coefficient (Wildman–Crippen LogP) is 2.73. The van der Waals surface area contributed by atoms with E-state index in [1.807, 2.05) is 13.8 Å². The molecule has 0 saturated carbocycles. The Morgan fingerprint density at radius 2 is 2.22 bits per heavy atom. The first kappa shape index (κ1) is 12.2. The number of aromatic nitrogens is 2. The van der Waals surface area contributed by atoms with Crippen LogP contribution in [0.3, 0.4) is 0 Å². The highest BCUT2D eigenvalue weighted by molar-refractivity contribution is 6.30. The molecule has 2 saturated heterocycles. The Kier molecular flexibility index (Phi) is 3.16. The Morgan fingerprint density at radius 1 is 1.39 bits per heavy atom. The maximum absolute atomic E-state index is 6.14. The number of halogens is 1. The van der Waals surface area contributed by atoms with Gasteiger partial charge in [0.25, 0.3) is 0 Å². The van der Waals surface area contributed by atoms with E-state index in [9.17, 15) is 0 Å². The highest BCUT2D eigenvalue weighted by atomic mass is 35.5. The molecule has 1 N–H and O–H groups in total. The van der Waals surface area contributed by atoms with Gasteiger partial charge < -0.3 is 10.1 Å². The molecule has 0 radical (unpaired) electrons. The van der Waals surface area contributed by atoms with E-state index in [0.29, 0.717) is 23.4 Å². The zero-order valence-corrected chi connectivity index (χ0v) is 11.5. The van der Waals surface area contributed by atoms with Crippen molar-refractivity contribution < 1.29 is 4.74 Å². The average Bonchev–Trinajstić information content (AvgIpc) is 2.96.